The van der Waals surface area contributed by atoms with Crippen LogP contribution >= 0.6 is 0 Å². The number of carbonyl (C=O) groups is 1. The average molecular weight is 442 g/mol. The van der Waals surface area contributed by atoms with Crippen LogP contribution in [0.15, 0.2) is 72.9 Å². The number of nitrogens with zero attached hydrogens (tertiary/aromatic N) is 4. The van der Waals surface area contributed by atoms with Gasteiger partial charge in [0.05, 0.1) is 5.56 Å². The van der Waals surface area contributed by atoms with Crippen molar-refractivity contribution in [1.29, 1.82) is 0 Å². The summed E-state index contributed by atoms with van der Waals surface area (Å²) in [4.78, 5) is 24.8. The molecule has 1 amide bonds. The summed E-state index contributed by atoms with van der Waals surface area (Å²) in [5.74, 6) is 0.877. The van der Waals surface area contributed by atoms with E-state index in [1.165, 1.54) is 16.8 Å². The molecule has 1 atom stereocenters. The Kier molecular flexibility index (Phi) is 6.26. The fraction of sp³-hybridized carbons (Fsp3) is 0.333. The summed E-state index contributed by atoms with van der Waals surface area (Å²) in [6.07, 6.45) is 1.79. The minimum Gasteiger partial charge on any atom is -0.368 e. The van der Waals surface area contributed by atoms with Crippen molar-refractivity contribution in [3.63, 3.8) is 0 Å². The quantitative estimate of drug-likeness (QED) is 0.672. The highest BCUT2D eigenvalue weighted by atomic mass is 16.2. The van der Waals surface area contributed by atoms with Gasteiger partial charge in [-0.3, -0.25) is 4.79 Å². The molecule has 1 N–H and O–H groups in total. The molecule has 0 saturated carbocycles. The summed E-state index contributed by atoms with van der Waals surface area (Å²) in [5.41, 5.74) is 4.45. The first-order valence-electron chi connectivity index (χ1n) is 11.8. The van der Waals surface area contributed by atoms with Gasteiger partial charge < -0.3 is 20.0 Å². The van der Waals surface area contributed by atoms with Gasteiger partial charge in [-0.2, -0.15) is 0 Å². The number of benzene rings is 2. The van der Waals surface area contributed by atoms with Gasteiger partial charge in [0.1, 0.15) is 5.82 Å². The van der Waals surface area contributed by atoms with Gasteiger partial charge in [0.2, 0.25) is 0 Å². The Morgan fingerprint density at radius 1 is 0.879 bits per heavy atom. The van der Waals surface area contributed by atoms with E-state index in [1.54, 1.807) is 6.20 Å². The summed E-state index contributed by atoms with van der Waals surface area (Å²) in [6, 6.07) is 23.1. The van der Waals surface area contributed by atoms with Crippen molar-refractivity contribution >= 4 is 17.4 Å². The molecule has 1 unspecified atom stereocenters. The predicted molar refractivity (Wildman–Crippen MR) is 133 cm³/mol. The average Bonchev–Trinajstić information content (AvgIpc) is 2.89. The SMILES string of the molecule is Cc1ccc(N2CCN(C(=O)c3cccnc3N3CCNC(c4ccccc4)C3)CC2)cc1. The Hall–Kier alpha value is -3.38. The van der Waals surface area contributed by atoms with Crippen molar-refractivity contribution in [3.8, 4) is 0 Å². The van der Waals surface area contributed by atoms with Gasteiger partial charge in [-0.25, -0.2) is 4.98 Å². The summed E-state index contributed by atoms with van der Waals surface area (Å²) < 4.78 is 0. The molecule has 3 aromatic rings. The molecule has 5 rings (SSSR count). The van der Waals surface area contributed by atoms with Gasteiger partial charge in [-0.15, -0.1) is 0 Å². The van der Waals surface area contributed by atoms with Crippen LogP contribution in [0.25, 0.3) is 0 Å². The van der Waals surface area contributed by atoms with Crippen LogP contribution in [0.4, 0.5) is 11.5 Å². The van der Waals surface area contributed by atoms with Gasteiger partial charge in [0.15, 0.2) is 0 Å². The number of aromatic nitrogens is 1. The summed E-state index contributed by atoms with van der Waals surface area (Å²) in [5, 5.41) is 3.60. The fourth-order valence-corrected chi connectivity index (χ4v) is 4.76. The number of pyridine rings is 1. The second-order valence-corrected chi connectivity index (χ2v) is 8.85. The van der Waals surface area contributed by atoms with E-state index in [9.17, 15) is 4.79 Å². The second-order valence-electron chi connectivity index (χ2n) is 8.85. The molecule has 2 saturated heterocycles. The lowest BCUT2D eigenvalue weighted by atomic mass is 10.0. The maximum absolute atomic E-state index is 13.5. The molecular weight excluding hydrogens is 410 g/mol. The van der Waals surface area contributed by atoms with E-state index in [0.717, 1.165) is 51.6 Å². The lowest BCUT2D eigenvalue weighted by molar-refractivity contribution is 0.0747. The standard InChI is InChI=1S/C27H31N5O/c1-21-9-11-23(12-10-21)30-16-18-31(19-17-30)27(33)24-8-5-13-29-26(24)32-15-14-28-25(20-32)22-6-3-2-4-7-22/h2-13,25,28H,14-20H2,1H3. The van der Waals surface area contributed by atoms with Crippen LogP contribution in [-0.2, 0) is 0 Å². The van der Waals surface area contributed by atoms with E-state index in [2.05, 4.69) is 75.6 Å². The maximum Gasteiger partial charge on any atom is 0.257 e. The number of hydrogen-bond donors (Lipinski definition) is 1. The van der Waals surface area contributed by atoms with Crippen LogP contribution in [0.5, 0.6) is 0 Å². The van der Waals surface area contributed by atoms with Gasteiger partial charge >= 0.3 is 0 Å². The van der Waals surface area contributed by atoms with Gasteiger partial charge in [-0.05, 0) is 36.8 Å². The van der Waals surface area contributed by atoms with Crippen LogP contribution in [0.2, 0.25) is 0 Å². The first-order chi connectivity index (χ1) is 16.2. The smallest absolute Gasteiger partial charge is 0.257 e. The third-order valence-corrected chi connectivity index (χ3v) is 6.66. The van der Waals surface area contributed by atoms with Crippen LogP contribution < -0.4 is 15.1 Å². The van der Waals surface area contributed by atoms with Gasteiger partial charge in [0.25, 0.3) is 5.91 Å². The molecule has 6 heteroatoms. The van der Waals surface area contributed by atoms with Crippen molar-refractivity contribution in [2.24, 2.45) is 0 Å². The Balaban J connectivity index is 1.29. The molecule has 2 fully saturated rings. The molecule has 170 valence electrons. The number of rotatable bonds is 4. The zero-order chi connectivity index (χ0) is 22.6. The second kappa shape index (κ2) is 9.63. The van der Waals surface area contributed by atoms with Gasteiger partial charge in [-0.1, -0.05) is 48.0 Å². The molecule has 2 aliphatic rings. The largest absolute Gasteiger partial charge is 0.368 e. The molecule has 0 spiro atoms. The molecule has 0 aliphatic carbocycles. The van der Waals surface area contributed by atoms with E-state index in [-0.39, 0.29) is 11.9 Å². The van der Waals surface area contributed by atoms with Crippen molar-refractivity contribution in [1.82, 2.24) is 15.2 Å². The molecule has 3 heterocycles. The Bertz CT molecular complexity index is 1080. The van der Waals surface area contributed by atoms with E-state index >= 15 is 0 Å². The van der Waals surface area contributed by atoms with Gasteiger partial charge in [0, 0.05) is 63.7 Å². The number of aryl methyl sites for hydroxylation is 1. The van der Waals surface area contributed by atoms with Crippen LogP contribution in [0.1, 0.15) is 27.5 Å². The van der Waals surface area contributed by atoms with Crippen molar-refractivity contribution in [2.75, 3.05) is 55.6 Å². The van der Waals surface area contributed by atoms with E-state index in [1.807, 2.05) is 23.1 Å². The summed E-state index contributed by atoms with van der Waals surface area (Å²) in [6.45, 7) is 7.71. The highest BCUT2D eigenvalue weighted by Crippen LogP contribution is 2.26. The molecule has 6 nitrogen and oxygen atoms in total. The number of amides is 1. The number of piperazine rings is 2. The highest BCUT2D eigenvalue weighted by Gasteiger charge is 2.28. The van der Waals surface area contributed by atoms with E-state index in [0.29, 0.717) is 5.56 Å². The van der Waals surface area contributed by atoms with Crippen LogP contribution in [0, 0.1) is 6.92 Å². The molecule has 1 aromatic heterocycles. The summed E-state index contributed by atoms with van der Waals surface area (Å²) >= 11 is 0. The lowest BCUT2D eigenvalue weighted by Gasteiger charge is -2.38. The highest BCUT2D eigenvalue weighted by molar-refractivity contribution is 5.99. The van der Waals surface area contributed by atoms with E-state index in [4.69, 9.17) is 0 Å². The summed E-state index contributed by atoms with van der Waals surface area (Å²) in [7, 11) is 0. The molecular formula is C27H31N5O. The number of carbonyl (C=O) groups excluding carboxylic acids is 1. The third kappa shape index (κ3) is 4.71. The topological polar surface area (TPSA) is 51.7 Å². The first-order valence-corrected chi connectivity index (χ1v) is 11.8. The lowest BCUT2D eigenvalue weighted by Crippen LogP contribution is -2.50. The van der Waals surface area contributed by atoms with Crippen molar-refractivity contribution < 1.29 is 4.79 Å². The first kappa shape index (κ1) is 21.5. The molecule has 2 aromatic carbocycles. The van der Waals surface area contributed by atoms with Crippen molar-refractivity contribution in [3.05, 3.63) is 89.6 Å². The zero-order valence-corrected chi connectivity index (χ0v) is 19.2. The Morgan fingerprint density at radius 2 is 1.64 bits per heavy atom. The monoisotopic (exact) mass is 441 g/mol. The maximum atomic E-state index is 13.5. The molecule has 2 aliphatic heterocycles. The Labute approximate surface area is 195 Å². The number of hydrogen-bond acceptors (Lipinski definition) is 5. The normalized spacial score (nSPS) is 18.9. The fourth-order valence-electron chi connectivity index (χ4n) is 4.76. The minimum atomic E-state index is 0.0800. The third-order valence-electron chi connectivity index (χ3n) is 6.66. The number of nitrogens with one attached hydrogen (secondary N) is 1. The minimum absolute atomic E-state index is 0.0800. The molecule has 0 radical (unpaired) electrons. The van der Waals surface area contributed by atoms with Crippen molar-refractivity contribution in [2.45, 2.75) is 13.0 Å². The molecule has 33 heavy (non-hydrogen) atoms. The predicted octanol–water partition coefficient (Wildman–Crippen LogP) is 3.50. The van der Waals surface area contributed by atoms with Crippen LogP contribution in [-0.4, -0.2) is 61.6 Å². The Morgan fingerprint density at radius 3 is 2.39 bits per heavy atom. The number of anilines is 2. The molecule has 0 bridgehead atoms. The van der Waals surface area contributed by atoms with Crippen LogP contribution in [0.3, 0.4) is 0 Å². The zero-order valence-electron chi connectivity index (χ0n) is 19.2. The van der Waals surface area contributed by atoms with E-state index < -0.39 is 0 Å².